The van der Waals surface area contributed by atoms with Gasteiger partial charge in [0.2, 0.25) is 0 Å². The summed E-state index contributed by atoms with van der Waals surface area (Å²) in [5.41, 5.74) is 0.0260. The quantitative estimate of drug-likeness (QED) is 0.401. The van der Waals surface area contributed by atoms with Crippen molar-refractivity contribution in [3.8, 4) is 0 Å². The zero-order chi connectivity index (χ0) is 22.5. The minimum Gasteiger partial charge on any atom is -0.501 e. The Morgan fingerprint density at radius 1 is 1.27 bits per heavy atom. The molecule has 1 heterocycles. The molecule has 0 amide bonds. The van der Waals surface area contributed by atoms with E-state index in [9.17, 15) is 14.0 Å². The van der Waals surface area contributed by atoms with Crippen molar-refractivity contribution in [2.24, 2.45) is 0 Å². The van der Waals surface area contributed by atoms with Crippen molar-refractivity contribution in [1.82, 2.24) is 4.57 Å². The lowest BCUT2D eigenvalue weighted by Gasteiger charge is -2.26. The number of esters is 1. The van der Waals surface area contributed by atoms with E-state index in [0.717, 1.165) is 0 Å². The molecule has 2 aromatic rings. The van der Waals surface area contributed by atoms with Gasteiger partial charge in [-0.2, -0.15) is 0 Å². The highest BCUT2D eigenvalue weighted by atomic mass is 79.9. The topological polar surface area (TPSA) is 57.5 Å². The summed E-state index contributed by atoms with van der Waals surface area (Å²) >= 11 is 3.32. The van der Waals surface area contributed by atoms with Crippen LogP contribution in [0.4, 0.5) is 4.39 Å². The number of carbonyl (C=O) groups is 1. The Hall–Kier alpha value is -2.41. The fraction of sp³-hybridized carbons (Fsp3) is 0.391. The Balaban J connectivity index is 2.74. The number of rotatable bonds is 7. The third-order valence-electron chi connectivity index (χ3n) is 4.20. The molecule has 0 spiro atoms. The molecule has 0 aliphatic carbocycles. The first kappa shape index (κ1) is 23.9. The van der Waals surface area contributed by atoms with Gasteiger partial charge in [0.05, 0.1) is 12.9 Å². The van der Waals surface area contributed by atoms with Gasteiger partial charge in [0.25, 0.3) is 5.56 Å². The SMILES string of the molecule is CCO/C=C/c1cc(CC)c(=O)n(C(C(=O)OC(C)(C)C)c2cc(Br)ccc2F)c1. The number of benzene rings is 1. The third kappa shape index (κ3) is 6.05. The number of pyridine rings is 1. The second kappa shape index (κ2) is 10.1. The number of carbonyl (C=O) groups excluding carboxylic acids is 1. The first-order valence-corrected chi connectivity index (χ1v) is 10.6. The van der Waals surface area contributed by atoms with Gasteiger partial charge in [-0.25, -0.2) is 9.18 Å². The van der Waals surface area contributed by atoms with Gasteiger partial charge in [0.1, 0.15) is 11.4 Å². The molecule has 2 rings (SSSR count). The van der Waals surface area contributed by atoms with Crippen LogP contribution < -0.4 is 5.56 Å². The molecule has 7 heteroatoms. The van der Waals surface area contributed by atoms with Gasteiger partial charge in [-0.3, -0.25) is 9.36 Å². The van der Waals surface area contributed by atoms with Crippen molar-refractivity contribution >= 4 is 28.0 Å². The van der Waals surface area contributed by atoms with E-state index in [1.165, 1.54) is 35.2 Å². The van der Waals surface area contributed by atoms with Crippen LogP contribution >= 0.6 is 15.9 Å². The largest absolute Gasteiger partial charge is 0.501 e. The molecule has 1 atom stereocenters. The summed E-state index contributed by atoms with van der Waals surface area (Å²) in [6.07, 6.45) is 5.19. The van der Waals surface area contributed by atoms with Crippen molar-refractivity contribution < 1.29 is 18.7 Å². The van der Waals surface area contributed by atoms with E-state index in [-0.39, 0.29) is 11.1 Å². The van der Waals surface area contributed by atoms with Crippen molar-refractivity contribution in [1.29, 1.82) is 0 Å². The maximum atomic E-state index is 14.8. The molecule has 0 saturated heterocycles. The highest BCUT2D eigenvalue weighted by Gasteiger charge is 2.32. The highest BCUT2D eigenvalue weighted by Crippen LogP contribution is 2.27. The van der Waals surface area contributed by atoms with Crippen LogP contribution in [0.1, 0.15) is 57.4 Å². The number of halogens is 2. The minimum atomic E-state index is -1.28. The molecule has 0 aliphatic heterocycles. The molecule has 0 radical (unpaired) electrons. The molecule has 1 unspecified atom stereocenters. The van der Waals surface area contributed by atoms with Crippen LogP contribution in [0.5, 0.6) is 0 Å². The van der Waals surface area contributed by atoms with Crippen molar-refractivity contribution in [3.63, 3.8) is 0 Å². The van der Waals surface area contributed by atoms with Gasteiger partial charge < -0.3 is 9.47 Å². The van der Waals surface area contributed by atoms with E-state index in [1.54, 1.807) is 32.9 Å². The average Bonchev–Trinajstić information content (AvgIpc) is 2.65. The Labute approximate surface area is 184 Å². The fourth-order valence-electron chi connectivity index (χ4n) is 2.92. The molecule has 0 bridgehead atoms. The van der Waals surface area contributed by atoms with Crippen LogP contribution in [-0.4, -0.2) is 22.7 Å². The Bertz CT molecular complexity index is 992. The van der Waals surface area contributed by atoms with Gasteiger partial charge >= 0.3 is 5.97 Å². The summed E-state index contributed by atoms with van der Waals surface area (Å²) in [4.78, 5) is 26.3. The van der Waals surface area contributed by atoms with Crippen LogP contribution in [0.25, 0.3) is 6.08 Å². The summed E-state index contributed by atoms with van der Waals surface area (Å²) in [5.74, 6) is -1.32. The monoisotopic (exact) mass is 479 g/mol. The molecule has 1 aromatic heterocycles. The Morgan fingerprint density at radius 2 is 1.97 bits per heavy atom. The predicted octanol–water partition coefficient (Wildman–Crippen LogP) is 5.25. The van der Waals surface area contributed by atoms with Gasteiger partial charge in [0.15, 0.2) is 6.04 Å². The van der Waals surface area contributed by atoms with Crippen LogP contribution in [0, 0.1) is 5.82 Å². The molecule has 162 valence electrons. The van der Waals surface area contributed by atoms with Crippen molar-refractivity contribution in [2.75, 3.05) is 6.61 Å². The normalized spacial score (nSPS) is 12.8. The van der Waals surface area contributed by atoms with Gasteiger partial charge in [-0.15, -0.1) is 0 Å². The molecular weight excluding hydrogens is 453 g/mol. The van der Waals surface area contributed by atoms with E-state index in [1.807, 2.05) is 13.8 Å². The Morgan fingerprint density at radius 3 is 2.57 bits per heavy atom. The van der Waals surface area contributed by atoms with Crippen LogP contribution in [0.15, 0.2) is 46.0 Å². The molecule has 0 aliphatic rings. The Kier molecular flexibility index (Phi) is 8.01. The van der Waals surface area contributed by atoms with Crippen LogP contribution in [0.2, 0.25) is 0 Å². The molecule has 30 heavy (non-hydrogen) atoms. The van der Waals surface area contributed by atoms with E-state index in [4.69, 9.17) is 9.47 Å². The van der Waals surface area contributed by atoms with Gasteiger partial charge in [-0.05, 0) is 70.0 Å². The first-order chi connectivity index (χ1) is 14.1. The third-order valence-corrected chi connectivity index (χ3v) is 4.70. The molecule has 5 nitrogen and oxygen atoms in total. The predicted molar refractivity (Wildman–Crippen MR) is 119 cm³/mol. The van der Waals surface area contributed by atoms with Gasteiger partial charge in [-0.1, -0.05) is 22.9 Å². The van der Waals surface area contributed by atoms with Crippen molar-refractivity contribution in [2.45, 2.75) is 52.7 Å². The fourth-order valence-corrected chi connectivity index (χ4v) is 3.30. The molecule has 0 N–H and O–H groups in total. The lowest BCUT2D eigenvalue weighted by Crippen LogP contribution is -2.37. The summed E-state index contributed by atoms with van der Waals surface area (Å²) in [6, 6.07) is 4.73. The zero-order valence-electron chi connectivity index (χ0n) is 17.9. The molecular formula is C23H27BrFNO4. The minimum absolute atomic E-state index is 0.0497. The molecule has 0 saturated carbocycles. The average molecular weight is 480 g/mol. The van der Waals surface area contributed by atoms with E-state index >= 15 is 0 Å². The maximum Gasteiger partial charge on any atom is 0.334 e. The standard InChI is InChI=1S/C23H27BrFNO4/c1-6-16-12-15(10-11-29-7-2)14-26(21(16)27)20(22(28)30-23(3,4)5)18-13-17(24)8-9-19(18)25/h8-14,20H,6-7H2,1-5H3/b11-10+. The number of aryl methyl sites for hydroxylation is 1. The summed E-state index contributed by atoms with van der Waals surface area (Å²) in [5, 5.41) is 0. The van der Waals surface area contributed by atoms with E-state index in [2.05, 4.69) is 15.9 Å². The number of hydrogen-bond acceptors (Lipinski definition) is 4. The first-order valence-electron chi connectivity index (χ1n) is 9.78. The van der Waals surface area contributed by atoms with E-state index in [0.29, 0.717) is 28.6 Å². The lowest BCUT2D eigenvalue weighted by molar-refractivity contribution is -0.157. The smallest absolute Gasteiger partial charge is 0.334 e. The number of ether oxygens (including phenoxy) is 2. The summed E-state index contributed by atoms with van der Waals surface area (Å²) in [6.45, 7) is 9.37. The van der Waals surface area contributed by atoms with Crippen LogP contribution in [0.3, 0.4) is 0 Å². The molecule has 1 aromatic carbocycles. The number of hydrogen-bond donors (Lipinski definition) is 0. The second-order valence-corrected chi connectivity index (χ2v) is 8.64. The number of nitrogens with zero attached hydrogens (tertiary/aromatic N) is 1. The van der Waals surface area contributed by atoms with Gasteiger partial charge in [0, 0.05) is 21.8 Å². The van der Waals surface area contributed by atoms with Crippen molar-refractivity contribution in [3.05, 3.63) is 74.1 Å². The highest BCUT2D eigenvalue weighted by molar-refractivity contribution is 9.10. The summed E-state index contributed by atoms with van der Waals surface area (Å²) < 4.78 is 27.4. The van der Waals surface area contributed by atoms with Crippen LogP contribution in [-0.2, 0) is 20.7 Å². The molecule has 0 fully saturated rings. The lowest BCUT2D eigenvalue weighted by atomic mass is 10.0. The van der Waals surface area contributed by atoms with E-state index < -0.39 is 23.4 Å². The summed E-state index contributed by atoms with van der Waals surface area (Å²) in [7, 11) is 0. The zero-order valence-corrected chi connectivity index (χ0v) is 19.5. The second-order valence-electron chi connectivity index (χ2n) is 7.72. The maximum absolute atomic E-state index is 14.8. The number of aromatic nitrogens is 1.